The molecule has 0 aliphatic carbocycles. The Morgan fingerprint density at radius 2 is 2.18 bits per heavy atom. The summed E-state index contributed by atoms with van der Waals surface area (Å²) in [4.78, 5) is 24.3. The molecule has 0 saturated carbocycles. The number of halogens is 1. The zero-order valence-corrected chi connectivity index (χ0v) is 10.3. The number of fused-ring (bicyclic) bond motifs is 1. The monoisotopic (exact) mass is 293 g/mol. The van der Waals surface area contributed by atoms with Crippen LogP contribution in [0, 0.1) is 0 Å². The predicted octanol–water partition coefficient (Wildman–Crippen LogP) is 1.63. The van der Waals surface area contributed by atoms with Crippen LogP contribution in [0.2, 0.25) is 0 Å². The van der Waals surface area contributed by atoms with Crippen molar-refractivity contribution in [1.82, 2.24) is 10.2 Å². The minimum atomic E-state index is -0.149. The number of aromatic nitrogens is 2. The van der Waals surface area contributed by atoms with Gasteiger partial charge < -0.3 is 4.90 Å². The normalized spacial score (nSPS) is 16.2. The fourth-order valence-electron chi connectivity index (χ4n) is 1.96. The maximum Gasteiger partial charge on any atom is 0.234 e. The Hall–Kier alpha value is -1.69. The summed E-state index contributed by atoms with van der Waals surface area (Å²) >= 11 is 3.34. The SMILES string of the molecule is O=C1CC(=O)N(c2ccc3c(Br)[nH]nc3c2)C1. The summed E-state index contributed by atoms with van der Waals surface area (Å²) < 4.78 is 0.808. The number of amides is 1. The van der Waals surface area contributed by atoms with Crippen LogP contribution in [0.1, 0.15) is 6.42 Å². The van der Waals surface area contributed by atoms with Gasteiger partial charge in [0, 0.05) is 11.1 Å². The molecular formula is C11H8BrN3O2. The van der Waals surface area contributed by atoms with Crippen molar-refractivity contribution < 1.29 is 9.59 Å². The fourth-order valence-corrected chi connectivity index (χ4v) is 2.38. The molecule has 0 bridgehead atoms. The van der Waals surface area contributed by atoms with Crippen molar-refractivity contribution in [2.24, 2.45) is 0 Å². The molecule has 3 rings (SSSR count). The number of nitrogens with one attached hydrogen (secondary N) is 1. The van der Waals surface area contributed by atoms with Gasteiger partial charge in [0.15, 0.2) is 5.78 Å². The number of benzene rings is 1. The van der Waals surface area contributed by atoms with Crippen LogP contribution in [0.15, 0.2) is 22.8 Å². The van der Waals surface area contributed by atoms with Crippen LogP contribution in [0.4, 0.5) is 5.69 Å². The van der Waals surface area contributed by atoms with E-state index in [4.69, 9.17) is 0 Å². The zero-order chi connectivity index (χ0) is 12.0. The number of ketones is 1. The third-order valence-corrected chi connectivity index (χ3v) is 3.39. The van der Waals surface area contributed by atoms with E-state index in [1.807, 2.05) is 12.1 Å². The molecule has 0 atom stereocenters. The van der Waals surface area contributed by atoms with Gasteiger partial charge in [-0.3, -0.25) is 14.7 Å². The van der Waals surface area contributed by atoms with Crippen molar-refractivity contribution in [2.75, 3.05) is 11.4 Å². The molecule has 17 heavy (non-hydrogen) atoms. The largest absolute Gasteiger partial charge is 0.305 e. The second-order valence-electron chi connectivity index (χ2n) is 3.93. The fraction of sp³-hybridized carbons (Fsp3) is 0.182. The lowest BCUT2D eigenvalue weighted by Crippen LogP contribution is -2.24. The van der Waals surface area contributed by atoms with Crippen molar-refractivity contribution in [2.45, 2.75) is 6.42 Å². The number of hydrogen-bond acceptors (Lipinski definition) is 3. The molecule has 1 aromatic carbocycles. The Balaban J connectivity index is 2.06. The van der Waals surface area contributed by atoms with Crippen LogP contribution in [-0.2, 0) is 9.59 Å². The third kappa shape index (κ3) is 1.64. The summed E-state index contributed by atoms with van der Waals surface area (Å²) in [5.41, 5.74) is 1.48. The van der Waals surface area contributed by atoms with Crippen molar-refractivity contribution in [3.8, 4) is 0 Å². The molecule has 6 heteroatoms. The first kappa shape index (κ1) is 10.5. The van der Waals surface area contributed by atoms with E-state index in [-0.39, 0.29) is 24.7 Å². The molecule has 1 saturated heterocycles. The Kier molecular flexibility index (Phi) is 2.25. The third-order valence-electron chi connectivity index (χ3n) is 2.79. The number of carbonyl (C=O) groups is 2. The Bertz CT molecular complexity index is 635. The van der Waals surface area contributed by atoms with E-state index in [9.17, 15) is 9.59 Å². The van der Waals surface area contributed by atoms with Gasteiger partial charge in [-0.1, -0.05) is 0 Å². The second-order valence-corrected chi connectivity index (χ2v) is 4.73. The molecule has 1 N–H and O–H groups in total. The number of aromatic amines is 1. The first-order valence-corrected chi connectivity index (χ1v) is 5.90. The van der Waals surface area contributed by atoms with Crippen molar-refractivity contribution in [3.05, 3.63) is 22.8 Å². The highest BCUT2D eigenvalue weighted by Gasteiger charge is 2.28. The molecule has 1 amide bonds. The van der Waals surface area contributed by atoms with Crippen molar-refractivity contribution in [3.63, 3.8) is 0 Å². The lowest BCUT2D eigenvalue weighted by atomic mass is 10.2. The molecule has 5 nitrogen and oxygen atoms in total. The Labute approximate surface area is 105 Å². The number of H-pyrrole nitrogens is 1. The van der Waals surface area contributed by atoms with Gasteiger partial charge in [0.25, 0.3) is 0 Å². The summed E-state index contributed by atoms with van der Waals surface area (Å²) in [6.45, 7) is 0.163. The second kappa shape index (κ2) is 3.66. The predicted molar refractivity (Wildman–Crippen MR) is 65.8 cm³/mol. The Morgan fingerprint density at radius 3 is 2.88 bits per heavy atom. The van der Waals surface area contributed by atoms with Gasteiger partial charge in [0.1, 0.15) is 4.60 Å². The Morgan fingerprint density at radius 1 is 1.35 bits per heavy atom. The number of anilines is 1. The maximum absolute atomic E-state index is 11.6. The van der Waals surface area contributed by atoms with Crippen LogP contribution in [0.3, 0.4) is 0 Å². The van der Waals surface area contributed by atoms with E-state index in [0.29, 0.717) is 5.69 Å². The van der Waals surface area contributed by atoms with Gasteiger partial charge in [0.05, 0.1) is 18.5 Å². The molecule has 1 aliphatic rings. The van der Waals surface area contributed by atoms with Crippen LogP contribution in [0.25, 0.3) is 10.9 Å². The van der Waals surface area contributed by atoms with Crippen molar-refractivity contribution >= 4 is 44.2 Å². The minimum absolute atomic E-state index is 0.00228. The molecule has 1 aliphatic heterocycles. The quantitative estimate of drug-likeness (QED) is 0.813. The van der Waals surface area contributed by atoms with Gasteiger partial charge in [-0.25, -0.2) is 0 Å². The molecule has 2 aromatic rings. The zero-order valence-electron chi connectivity index (χ0n) is 8.74. The number of hydrogen-bond donors (Lipinski definition) is 1. The topological polar surface area (TPSA) is 66.1 Å². The van der Waals surface area contributed by atoms with Crippen LogP contribution in [0.5, 0.6) is 0 Å². The number of rotatable bonds is 1. The summed E-state index contributed by atoms with van der Waals surface area (Å²) in [6.07, 6.45) is 0.00228. The van der Waals surface area contributed by atoms with Gasteiger partial charge in [-0.2, -0.15) is 5.10 Å². The van der Waals surface area contributed by atoms with Gasteiger partial charge in [0.2, 0.25) is 5.91 Å². The molecule has 0 radical (unpaired) electrons. The van der Waals surface area contributed by atoms with E-state index in [0.717, 1.165) is 15.5 Å². The molecule has 0 unspecified atom stereocenters. The lowest BCUT2D eigenvalue weighted by molar-refractivity contribution is -0.121. The van der Waals surface area contributed by atoms with E-state index >= 15 is 0 Å². The molecule has 0 spiro atoms. The molecule has 1 aromatic heterocycles. The minimum Gasteiger partial charge on any atom is -0.305 e. The lowest BCUT2D eigenvalue weighted by Gasteiger charge is -2.14. The average molecular weight is 294 g/mol. The summed E-state index contributed by atoms with van der Waals surface area (Å²) in [6, 6.07) is 5.49. The van der Waals surface area contributed by atoms with Crippen molar-refractivity contribution in [1.29, 1.82) is 0 Å². The molecular weight excluding hydrogens is 286 g/mol. The first-order chi connectivity index (χ1) is 8.15. The smallest absolute Gasteiger partial charge is 0.234 e. The van der Waals surface area contributed by atoms with Crippen LogP contribution in [-0.4, -0.2) is 28.4 Å². The summed E-state index contributed by atoms with van der Waals surface area (Å²) in [5, 5.41) is 7.86. The molecule has 2 heterocycles. The van der Waals surface area contributed by atoms with Crippen LogP contribution >= 0.6 is 15.9 Å². The standard InChI is InChI=1S/C11H8BrN3O2/c12-11-8-2-1-6(3-9(8)13-14-11)15-5-7(16)4-10(15)17/h1-3H,4-5H2,(H,13,14). The summed E-state index contributed by atoms with van der Waals surface area (Å²) in [7, 11) is 0. The summed E-state index contributed by atoms with van der Waals surface area (Å²) in [5.74, 6) is -0.192. The van der Waals surface area contributed by atoms with E-state index in [1.54, 1.807) is 6.07 Å². The van der Waals surface area contributed by atoms with E-state index < -0.39 is 0 Å². The molecule has 1 fully saturated rings. The highest BCUT2D eigenvalue weighted by atomic mass is 79.9. The van der Waals surface area contributed by atoms with E-state index in [1.165, 1.54) is 4.90 Å². The van der Waals surface area contributed by atoms with E-state index in [2.05, 4.69) is 26.1 Å². The first-order valence-electron chi connectivity index (χ1n) is 5.11. The van der Waals surface area contributed by atoms with Gasteiger partial charge >= 0.3 is 0 Å². The average Bonchev–Trinajstić information content (AvgIpc) is 2.82. The highest BCUT2D eigenvalue weighted by molar-refractivity contribution is 9.10. The van der Waals surface area contributed by atoms with Gasteiger partial charge in [-0.15, -0.1) is 0 Å². The molecule has 86 valence electrons. The highest BCUT2D eigenvalue weighted by Crippen LogP contribution is 2.27. The van der Waals surface area contributed by atoms with Gasteiger partial charge in [-0.05, 0) is 34.1 Å². The number of Topliss-reactive ketones (excluding diaryl/α,β-unsaturated/α-hetero) is 1. The maximum atomic E-state index is 11.6. The number of nitrogens with zero attached hydrogens (tertiary/aromatic N) is 2. The number of carbonyl (C=O) groups excluding carboxylic acids is 2. The van der Waals surface area contributed by atoms with Crippen LogP contribution < -0.4 is 4.90 Å².